The van der Waals surface area contributed by atoms with Gasteiger partial charge in [0.1, 0.15) is 6.10 Å². The zero-order valence-corrected chi connectivity index (χ0v) is 14.6. The molecule has 2 aliphatic rings. The summed E-state index contributed by atoms with van der Waals surface area (Å²) < 4.78 is 5.53. The first-order valence-corrected chi connectivity index (χ1v) is 9.17. The molecule has 0 bridgehead atoms. The van der Waals surface area contributed by atoms with Crippen LogP contribution in [0.4, 0.5) is 0 Å². The van der Waals surface area contributed by atoms with Crippen LogP contribution in [0.25, 0.3) is 0 Å². The number of rotatable bonds is 5. The summed E-state index contributed by atoms with van der Waals surface area (Å²) in [6, 6.07) is 10.1. The summed E-state index contributed by atoms with van der Waals surface area (Å²) in [6.07, 6.45) is 1.92. The third-order valence-corrected chi connectivity index (χ3v) is 4.94. The fourth-order valence-corrected chi connectivity index (χ4v) is 3.41. The quantitative estimate of drug-likeness (QED) is 0.819. The molecule has 6 nitrogen and oxygen atoms in total. The second kappa shape index (κ2) is 8.97. The van der Waals surface area contributed by atoms with Crippen molar-refractivity contribution in [1.29, 1.82) is 0 Å². The van der Waals surface area contributed by atoms with E-state index in [-0.39, 0.29) is 23.8 Å². The van der Waals surface area contributed by atoms with Gasteiger partial charge in [0.2, 0.25) is 5.91 Å². The average Bonchev–Trinajstić information content (AvgIpc) is 2.69. The second-order valence-corrected chi connectivity index (χ2v) is 6.69. The van der Waals surface area contributed by atoms with Crippen LogP contribution in [0, 0.1) is 5.92 Å². The third-order valence-electron chi connectivity index (χ3n) is 4.94. The van der Waals surface area contributed by atoms with E-state index < -0.39 is 0 Å². The number of hydrogen-bond acceptors (Lipinski definition) is 4. The van der Waals surface area contributed by atoms with Gasteiger partial charge in [-0.05, 0) is 24.8 Å². The molecule has 2 amide bonds. The van der Waals surface area contributed by atoms with E-state index in [9.17, 15) is 9.59 Å². The molecule has 1 aromatic carbocycles. The summed E-state index contributed by atoms with van der Waals surface area (Å²) in [6.45, 7) is 3.89. The van der Waals surface area contributed by atoms with Crippen LogP contribution in [0.5, 0.6) is 0 Å². The molecule has 2 N–H and O–H groups in total. The molecule has 0 radical (unpaired) electrons. The number of hydrogen-bond donors (Lipinski definition) is 2. The van der Waals surface area contributed by atoms with E-state index in [1.807, 2.05) is 23.1 Å². The van der Waals surface area contributed by atoms with Crippen LogP contribution >= 0.6 is 0 Å². The topological polar surface area (TPSA) is 70.7 Å². The van der Waals surface area contributed by atoms with Crippen molar-refractivity contribution in [2.45, 2.75) is 25.4 Å². The fraction of sp³-hybridized carbons (Fsp3) is 0.579. The number of nitrogens with one attached hydrogen (secondary N) is 2. The molecule has 0 aliphatic carbocycles. The van der Waals surface area contributed by atoms with Crippen molar-refractivity contribution in [2.24, 2.45) is 5.92 Å². The molecule has 6 heteroatoms. The Morgan fingerprint density at radius 2 is 1.96 bits per heavy atom. The Labute approximate surface area is 148 Å². The van der Waals surface area contributed by atoms with Crippen LogP contribution in [-0.4, -0.2) is 62.1 Å². The highest BCUT2D eigenvalue weighted by molar-refractivity contribution is 5.82. The standard InChI is InChI=1S/C19H27N3O3/c23-18(21-9-6-15-4-2-1-3-5-15)16-7-11-22(12-8-16)19(24)17-14-20-10-13-25-17/h1-5,16-17,20H,6-14H2,(H,21,23)/t17-/m1/s1. The monoisotopic (exact) mass is 345 g/mol. The van der Waals surface area contributed by atoms with E-state index >= 15 is 0 Å². The van der Waals surface area contributed by atoms with E-state index in [0.717, 1.165) is 25.8 Å². The van der Waals surface area contributed by atoms with E-state index in [4.69, 9.17) is 4.74 Å². The van der Waals surface area contributed by atoms with Crippen molar-refractivity contribution in [3.8, 4) is 0 Å². The van der Waals surface area contributed by atoms with Crippen LogP contribution in [0.3, 0.4) is 0 Å². The van der Waals surface area contributed by atoms with Gasteiger partial charge < -0.3 is 20.3 Å². The van der Waals surface area contributed by atoms with Crippen molar-refractivity contribution in [2.75, 3.05) is 39.3 Å². The number of carbonyl (C=O) groups excluding carboxylic acids is 2. The lowest BCUT2D eigenvalue weighted by Crippen LogP contribution is -2.52. The molecular weight excluding hydrogens is 318 g/mol. The minimum absolute atomic E-state index is 0.00484. The number of carbonyl (C=O) groups is 2. The number of ether oxygens (including phenoxy) is 1. The largest absolute Gasteiger partial charge is 0.366 e. The first kappa shape index (κ1) is 17.9. The Balaban J connectivity index is 1.37. The maximum atomic E-state index is 12.4. The predicted octanol–water partition coefficient (Wildman–Crippen LogP) is 0.572. The lowest BCUT2D eigenvalue weighted by molar-refractivity contribution is -0.147. The summed E-state index contributed by atoms with van der Waals surface area (Å²) >= 11 is 0. The van der Waals surface area contributed by atoms with Gasteiger partial charge in [-0.3, -0.25) is 9.59 Å². The van der Waals surface area contributed by atoms with Crippen molar-refractivity contribution in [3.05, 3.63) is 35.9 Å². The van der Waals surface area contributed by atoms with E-state index in [2.05, 4.69) is 22.8 Å². The number of benzene rings is 1. The van der Waals surface area contributed by atoms with Crippen molar-refractivity contribution in [1.82, 2.24) is 15.5 Å². The molecule has 1 aromatic rings. The smallest absolute Gasteiger partial charge is 0.253 e. The minimum atomic E-state index is -0.370. The SMILES string of the molecule is O=C(NCCc1ccccc1)C1CCN(C(=O)[C@H]2CNCCO2)CC1. The summed E-state index contributed by atoms with van der Waals surface area (Å²) in [4.78, 5) is 26.6. The van der Waals surface area contributed by atoms with Crippen molar-refractivity contribution >= 4 is 11.8 Å². The van der Waals surface area contributed by atoms with Crippen LogP contribution < -0.4 is 10.6 Å². The summed E-state index contributed by atoms with van der Waals surface area (Å²) in [5.41, 5.74) is 1.23. The minimum Gasteiger partial charge on any atom is -0.366 e. The number of nitrogens with zero attached hydrogens (tertiary/aromatic N) is 1. The van der Waals surface area contributed by atoms with E-state index in [1.54, 1.807) is 0 Å². The molecule has 136 valence electrons. The van der Waals surface area contributed by atoms with Gasteiger partial charge in [-0.25, -0.2) is 0 Å². The molecule has 1 atom stereocenters. The maximum absolute atomic E-state index is 12.4. The van der Waals surface area contributed by atoms with Gasteiger partial charge >= 0.3 is 0 Å². The van der Waals surface area contributed by atoms with Gasteiger partial charge in [-0.1, -0.05) is 30.3 Å². The van der Waals surface area contributed by atoms with Gasteiger partial charge in [0.15, 0.2) is 0 Å². The molecule has 2 aliphatic heterocycles. The molecule has 0 aromatic heterocycles. The zero-order valence-electron chi connectivity index (χ0n) is 14.6. The van der Waals surface area contributed by atoms with Gasteiger partial charge in [-0.2, -0.15) is 0 Å². The molecular formula is C19H27N3O3. The zero-order chi connectivity index (χ0) is 17.5. The fourth-order valence-electron chi connectivity index (χ4n) is 3.41. The number of morpholine rings is 1. The second-order valence-electron chi connectivity index (χ2n) is 6.69. The summed E-state index contributed by atoms with van der Waals surface area (Å²) in [5, 5.41) is 6.21. The summed E-state index contributed by atoms with van der Waals surface area (Å²) in [5.74, 6) is 0.166. The number of piperidine rings is 1. The number of likely N-dealkylation sites (tertiary alicyclic amines) is 1. The molecule has 3 rings (SSSR count). The lowest BCUT2D eigenvalue weighted by atomic mass is 9.95. The van der Waals surface area contributed by atoms with Gasteiger partial charge in [0.25, 0.3) is 5.91 Å². The highest BCUT2D eigenvalue weighted by Gasteiger charge is 2.31. The predicted molar refractivity (Wildman–Crippen MR) is 95.1 cm³/mol. The Kier molecular flexibility index (Phi) is 6.42. The highest BCUT2D eigenvalue weighted by atomic mass is 16.5. The van der Waals surface area contributed by atoms with E-state index in [1.165, 1.54) is 5.56 Å². The van der Waals surface area contributed by atoms with Crippen LogP contribution in [0.2, 0.25) is 0 Å². The van der Waals surface area contributed by atoms with Crippen LogP contribution in [0.1, 0.15) is 18.4 Å². The first-order chi connectivity index (χ1) is 12.2. The lowest BCUT2D eigenvalue weighted by Gasteiger charge is -2.34. The van der Waals surface area contributed by atoms with Gasteiger partial charge in [-0.15, -0.1) is 0 Å². The van der Waals surface area contributed by atoms with Crippen LogP contribution in [0.15, 0.2) is 30.3 Å². The first-order valence-electron chi connectivity index (χ1n) is 9.17. The normalized spacial score (nSPS) is 21.8. The third kappa shape index (κ3) is 5.03. The Bertz CT molecular complexity index is 565. The molecule has 0 spiro atoms. The van der Waals surface area contributed by atoms with Crippen LogP contribution in [-0.2, 0) is 20.7 Å². The average molecular weight is 345 g/mol. The van der Waals surface area contributed by atoms with Gasteiger partial charge in [0.05, 0.1) is 6.61 Å². The molecule has 0 saturated carbocycles. The van der Waals surface area contributed by atoms with E-state index in [0.29, 0.717) is 32.8 Å². The Morgan fingerprint density at radius 1 is 1.20 bits per heavy atom. The van der Waals surface area contributed by atoms with Gasteiger partial charge in [0, 0.05) is 38.6 Å². The molecule has 2 saturated heterocycles. The van der Waals surface area contributed by atoms with Crippen molar-refractivity contribution in [3.63, 3.8) is 0 Å². The van der Waals surface area contributed by atoms with Crippen molar-refractivity contribution < 1.29 is 14.3 Å². The molecule has 25 heavy (non-hydrogen) atoms. The highest BCUT2D eigenvalue weighted by Crippen LogP contribution is 2.19. The molecule has 0 unspecified atom stereocenters. The molecule has 2 heterocycles. The number of amides is 2. The molecule has 2 fully saturated rings. The Morgan fingerprint density at radius 3 is 2.64 bits per heavy atom. The Hall–Kier alpha value is -1.92. The summed E-state index contributed by atoms with van der Waals surface area (Å²) in [7, 11) is 0. The maximum Gasteiger partial charge on any atom is 0.253 e.